The molecular weight excluding hydrogens is 152 g/mol. The van der Waals surface area contributed by atoms with E-state index in [4.69, 9.17) is 21.1 Å². The average Bonchev–Trinajstić information content (AvgIpc) is 1.88. The maximum Gasteiger partial charge on any atom is 0.179 e. The quantitative estimate of drug-likeness (QED) is 0.578. The van der Waals surface area contributed by atoms with Crippen molar-refractivity contribution in [2.24, 2.45) is 0 Å². The van der Waals surface area contributed by atoms with Crippen molar-refractivity contribution in [1.82, 2.24) is 0 Å². The molecule has 0 saturated carbocycles. The number of halogens is 1. The fourth-order valence-corrected chi connectivity index (χ4v) is 1.10. The van der Waals surface area contributed by atoms with E-state index in [0.29, 0.717) is 0 Å². The summed E-state index contributed by atoms with van der Waals surface area (Å²) in [4.78, 5) is 0. The maximum absolute atomic E-state index is 5.45. The van der Waals surface area contributed by atoms with Crippen LogP contribution in [0.5, 0.6) is 0 Å². The molecule has 10 heavy (non-hydrogen) atoms. The molecule has 3 heteroatoms. The van der Waals surface area contributed by atoms with Gasteiger partial charge in [-0.1, -0.05) is 0 Å². The van der Waals surface area contributed by atoms with Crippen molar-refractivity contribution >= 4 is 11.6 Å². The lowest BCUT2D eigenvalue weighted by Gasteiger charge is -2.22. The van der Waals surface area contributed by atoms with Gasteiger partial charge in [0, 0.05) is 12.8 Å². The van der Waals surface area contributed by atoms with Gasteiger partial charge in [0.25, 0.3) is 0 Å². The molecule has 0 amide bonds. The van der Waals surface area contributed by atoms with Crippen molar-refractivity contribution in [2.75, 3.05) is 13.2 Å². The largest absolute Gasteiger partial charge is 0.480 e. The lowest BCUT2D eigenvalue weighted by atomic mass is 10.2. The van der Waals surface area contributed by atoms with Crippen LogP contribution in [0, 0.1) is 0 Å². The predicted octanol–water partition coefficient (Wildman–Crippen LogP) is 1.89. The van der Waals surface area contributed by atoms with Crippen molar-refractivity contribution in [3.05, 3.63) is 11.8 Å². The SMILES string of the molecule is C=C(Cl)OC1CCOCC1. The molecule has 0 unspecified atom stereocenters. The van der Waals surface area contributed by atoms with Gasteiger partial charge in [0.05, 0.1) is 13.2 Å². The molecule has 1 aliphatic rings. The Morgan fingerprint density at radius 1 is 1.50 bits per heavy atom. The summed E-state index contributed by atoms with van der Waals surface area (Å²) in [6.07, 6.45) is 2.07. The van der Waals surface area contributed by atoms with Crippen molar-refractivity contribution in [2.45, 2.75) is 18.9 Å². The Bertz CT molecular complexity index is 119. The third kappa shape index (κ3) is 2.58. The second-order valence-electron chi connectivity index (χ2n) is 2.28. The maximum atomic E-state index is 5.45. The summed E-state index contributed by atoms with van der Waals surface area (Å²) in [5, 5.41) is 0.284. The molecular formula is C7H11ClO2. The molecule has 1 saturated heterocycles. The van der Waals surface area contributed by atoms with E-state index in [0.717, 1.165) is 26.1 Å². The molecule has 0 spiro atoms. The van der Waals surface area contributed by atoms with E-state index >= 15 is 0 Å². The molecule has 0 bridgehead atoms. The highest BCUT2D eigenvalue weighted by molar-refractivity contribution is 6.27. The van der Waals surface area contributed by atoms with Gasteiger partial charge in [0.15, 0.2) is 5.22 Å². The van der Waals surface area contributed by atoms with E-state index in [9.17, 15) is 0 Å². The van der Waals surface area contributed by atoms with Gasteiger partial charge < -0.3 is 9.47 Å². The Morgan fingerprint density at radius 3 is 2.60 bits per heavy atom. The van der Waals surface area contributed by atoms with E-state index in [1.54, 1.807) is 0 Å². The van der Waals surface area contributed by atoms with Gasteiger partial charge in [-0.05, 0) is 18.2 Å². The molecule has 1 heterocycles. The Balaban J connectivity index is 2.19. The summed E-state index contributed by atoms with van der Waals surface area (Å²) in [7, 11) is 0. The smallest absolute Gasteiger partial charge is 0.179 e. The third-order valence-electron chi connectivity index (χ3n) is 1.46. The van der Waals surface area contributed by atoms with E-state index in [-0.39, 0.29) is 11.3 Å². The van der Waals surface area contributed by atoms with Gasteiger partial charge in [-0.25, -0.2) is 0 Å². The first-order chi connectivity index (χ1) is 4.79. The highest BCUT2D eigenvalue weighted by Gasteiger charge is 2.14. The zero-order valence-electron chi connectivity index (χ0n) is 5.81. The van der Waals surface area contributed by atoms with Crippen molar-refractivity contribution in [3.8, 4) is 0 Å². The topological polar surface area (TPSA) is 18.5 Å². The monoisotopic (exact) mass is 162 g/mol. The summed E-state index contributed by atoms with van der Waals surface area (Å²) >= 11 is 5.45. The Hall–Kier alpha value is -0.210. The second-order valence-corrected chi connectivity index (χ2v) is 2.71. The molecule has 0 aromatic rings. The van der Waals surface area contributed by atoms with Crippen molar-refractivity contribution < 1.29 is 9.47 Å². The Morgan fingerprint density at radius 2 is 2.10 bits per heavy atom. The molecule has 1 fully saturated rings. The first-order valence-electron chi connectivity index (χ1n) is 3.38. The van der Waals surface area contributed by atoms with Crippen molar-refractivity contribution in [1.29, 1.82) is 0 Å². The number of ether oxygens (including phenoxy) is 2. The van der Waals surface area contributed by atoms with Gasteiger partial charge in [-0.15, -0.1) is 0 Å². The molecule has 1 aliphatic heterocycles. The molecule has 0 atom stereocenters. The van der Waals surface area contributed by atoms with Crippen LogP contribution in [0.4, 0.5) is 0 Å². The first-order valence-corrected chi connectivity index (χ1v) is 3.75. The summed E-state index contributed by atoms with van der Waals surface area (Å²) in [5.41, 5.74) is 0. The van der Waals surface area contributed by atoms with Crippen LogP contribution in [0.3, 0.4) is 0 Å². The van der Waals surface area contributed by atoms with Crippen LogP contribution >= 0.6 is 11.6 Å². The van der Waals surface area contributed by atoms with Gasteiger partial charge in [0.2, 0.25) is 0 Å². The minimum atomic E-state index is 0.221. The Labute approximate surface area is 65.8 Å². The second kappa shape index (κ2) is 3.84. The Kier molecular flexibility index (Phi) is 3.03. The first kappa shape index (κ1) is 7.89. The molecule has 0 aromatic heterocycles. The highest BCUT2D eigenvalue weighted by Crippen LogP contribution is 2.14. The van der Waals surface area contributed by atoms with E-state index < -0.39 is 0 Å². The molecule has 2 nitrogen and oxygen atoms in total. The van der Waals surface area contributed by atoms with Crippen LogP contribution in [-0.2, 0) is 9.47 Å². The van der Waals surface area contributed by atoms with E-state index in [1.807, 2.05) is 0 Å². The molecule has 0 N–H and O–H groups in total. The lowest BCUT2D eigenvalue weighted by Crippen LogP contribution is -2.22. The van der Waals surface area contributed by atoms with Gasteiger partial charge in [0.1, 0.15) is 6.10 Å². The molecule has 1 rings (SSSR count). The fraction of sp³-hybridized carbons (Fsp3) is 0.714. The summed E-state index contributed by atoms with van der Waals surface area (Å²) in [6.45, 7) is 5.00. The van der Waals surface area contributed by atoms with Crippen LogP contribution in [0.15, 0.2) is 11.8 Å². The molecule has 0 aliphatic carbocycles. The standard InChI is InChI=1S/C7H11ClO2/c1-6(8)10-7-2-4-9-5-3-7/h7H,1-5H2. The van der Waals surface area contributed by atoms with Crippen LogP contribution in [0.2, 0.25) is 0 Å². The normalized spacial score (nSPS) is 20.5. The summed E-state index contributed by atoms with van der Waals surface area (Å²) < 4.78 is 10.3. The van der Waals surface area contributed by atoms with Gasteiger partial charge in [-0.3, -0.25) is 0 Å². The zero-order valence-corrected chi connectivity index (χ0v) is 6.56. The third-order valence-corrected chi connectivity index (χ3v) is 1.55. The van der Waals surface area contributed by atoms with Crippen LogP contribution in [-0.4, -0.2) is 19.3 Å². The number of hydrogen-bond acceptors (Lipinski definition) is 2. The van der Waals surface area contributed by atoms with Crippen LogP contribution in [0.1, 0.15) is 12.8 Å². The average molecular weight is 163 g/mol. The highest BCUT2D eigenvalue weighted by atomic mass is 35.5. The predicted molar refractivity (Wildman–Crippen MR) is 39.9 cm³/mol. The minimum Gasteiger partial charge on any atom is -0.480 e. The molecule has 58 valence electrons. The van der Waals surface area contributed by atoms with Crippen LogP contribution < -0.4 is 0 Å². The zero-order chi connectivity index (χ0) is 7.40. The van der Waals surface area contributed by atoms with E-state index in [2.05, 4.69) is 6.58 Å². The summed E-state index contributed by atoms with van der Waals surface area (Å²) in [6, 6.07) is 0. The molecule has 0 radical (unpaired) electrons. The molecule has 0 aromatic carbocycles. The van der Waals surface area contributed by atoms with E-state index in [1.165, 1.54) is 0 Å². The van der Waals surface area contributed by atoms with Crippen molar-refractivity contribution in [3.63, 3.8) is 0 Å². The van der Waals surface area contributed by atoms with Gasteiger partial charge in [-0.2, -0.15) is 0 Å². The summed E-state index contributed by atoms with van der Waals surface area (Å²) in [5.74, 6) is 0. The number of rotatable bonds is 2. The number of hydrogen-bond donors (Lipinski definition) is 0. The van der Waals surface area contributed by atoms with Gasteiger partial charge >= 0.3 is 0 Å². The minimum absolute atomic E-state index is 0.221. The lowest BCUT2D eigenvalue weighted by molar-refractivity contribution is 0.00273. The van der Waals surface area contributed by atoms with Crippen LogP contribution in [0.25, 0.3) is 0 Å². The fourth-order valence-electron chi connectivity index (χ4n) is 0.975.